The molecule has 0 spiro atoms. The second-order valence-electron chi connectivity index (χ2n) is 7.45. The van der Waals surface area contributed by atoms with Crippen molar-refractivity contribution in [3.8, 4) is 11.5 Å². The fraction of sp³-hybridized carbons (Fsp3) is 0.308. The van der Waals surface area contributed by atoms with Gasteiger partial charge in [0.15, 0.2) is 0 Å². The molecule has 0 aliphatic carbocycles. The topological polar surface area (TPSA) is 18.5 Å². The molecule has 2 aliphatic rings. The van der Waals surface area contributed by atoms with Gasteiger partial charge in [-0.1, -0.05) is 86.3 Å². The van der Waals surface area contributed by atoms with Crippen LogP contribution >= 0.6 is 7.92 Å². The SMILES string of the molecule is c1ccc(P(c2ccccc2)c2cc3ccc2OCCCCCCCCO3)cc1. The van der Waals surface area contributed by atoms with E-state index in [4.69, 9.17) is 9.47 Å². The first-order valence-corrected chi connectivity index (χ1v) is 12.1. The van der Waals surface area contributed by atoms with Crippen molar-refractivity contribution in [3.63, 3.8) is 0 Å². The van der Waals surface area contributed by atoms with Crippen molar-refractivity contribution in [1.29, 1.82) is 0 Å². The van der Waals surface area contributed by atoms with Crippen LogP contribution in [0.2, 0.25) is 0 Å². The van der Waals surface area contributed by atoms with E-state index in [0.29, 0.717) is 0 Å². The van der Waals surface area contributed by atoms with Crippen molar-refractivity contribution in [1.82, 2.24) is 0 Å². The Bertz CT molecular complexity index is 840. The standard InChI is InChI=1S/C26H29O2P/c1-2-4-12-20-28-25-18-17-22(27-19-11-3-1)21-26(25)29(23-13-7-5-8-14-23)24-15-9-6-10-16-24/h5-10,13-18,21H,1-4,11-12,19-20H2. The Labute approximate surface area is 175 Å². The molecule has 0 saturated heterocycles. The summed E-state index contributed by atoms with van der Waals surface area (Å²) in [6.45, 7) is 1.56. The lowest BCUT2D eigenvalue weighted by Crippen LogP contribution is -2.22. The van der Waals surface area contributed by atoms with Gasteiger partial charge in [0.2, 0.25) is 0 Å². The van der Waals surface area contributed by atoms with E-state index in [2.05, 4.69) is 78.9 Å². The average molecular weight is 404 g/mol. The van der Waals surface area contributed by atoms with Gasteiger partial charge in [-0.25, -0.2) is 0 Å². The van der Waals surface area contributed by atoms with Crippen LogP contribution in [0.5, 0.6) is 11.5 Å². The fourth-order valence-corrected chi connectivity index (χ4v) is 6.16. The lowest BCUT2D eigenvalue weighted by Gasteiger charge is -2.23. The van der Waals surface area contributed by atoms with Crippen molar-refractivity contribution >= 4 is 23.8 Å². The van der Waals surface area contributed by atoms with Gasteiger partial charge >= 0.3 is 0 Å². The number of rotatable bonds is 3. The first-order valence-electron chi connectivity index (χ1n) is 10.7. The monoisotopic (exact) mass is 404 g/mol. The van der Waals surface area contributed by atoms with E-state index in [1.54, 1.807) is 0 Å². The van der Waals surface area contributed by atoms with E-state index in [-0.39, 0.29) is 0 Å². The maximum absolute atomic E-state index is 6.32. The van der Waals surface area contributed by atoms with Crippen LogP contribution in [0, 0.1) is 0 Å². The van der Waals surface area contributed by atoms with Crippen molar-refractivity contribution in [3.05, 3.63) is 78.9 Å². The highest BCUT2D eigenvalue weighted by atomic mass is 31.1. The molecule has 0 amide bonds. The molecule has 0 aromatic heterocycles. The minimum Gasteiger partial charge on any atom is -0.494 e. The van der Waals surface area contributed by atoms with Gasteiger partial charge in [0.1, 0.15) is 11.5 Å². The van der Waals surface area contributed by atoms with Crippen molar-refractivity contribution < 1.29 is 9.47 Å². The summed E-state index contributed by atoms with van der Waals surface area (Å²) in [5, 5.41) is 3.90. The fourth-order valence-electron chi connectivity index (χ4n) is 3.75. The molecule has 0 N–H and O–H groups in total. The molecule has 2 nitrogen and oxygen atoms in total. The molecule has 0 radical (unpaired) electrons. The van der Waals surface area contributed by atoms with Gasteiger partial charge in [-0.3, -0.25) is 0 Å². The summed E-state index contributed by atoms with van der Waals surface area (Å²) < 4.78 is 12.4. The normalized spacial score (nSPS) is 15.3. The van der Waals surface area contributed by atoms with E-state index in [1.165, 1.54) is 41.6 Å². The molecule has 2 bridgehead atoms. The van der Waals surface area contributed by atoms with Crippen LogP contribution in [0.1, 0.15) is 38.5 Å². The summed E-state index contributed by atoms with van der Waals surface area (Å²) in [6, 6.07) is 28.0. The van der Waals surface area contributed by atoms with Crippen LogP contribution in [-0.4, -0.2) is 13.2 Å². The Hall–Kier alpha value is -2.31. The Morgan fingerprint density at radius 3 is 1.72 bits per heavy atom. The van der Waals surface area contributed by atoms with E-state index in [9.17, 15) is 0 Å². The minimum absolute atomic E-state index is 0.713. The molecule has 0 saturated carbocycles. The zero-order valence-electron chi connectivity index (χ0n) is 16.9. The van der Waals surface area contributed by atoms with E-state index in [0.717, 1.165) is 37.6 Å². The van der Waals surface area contributed by atoms with Crippen LogP contribution in [0.15, 0.2) is 78.9 Å². The Morgan fingerprint density at radius 2 is 1.10 bits per heavy atom. The van der Waals surface area contributed by atoms with Gasteiger partial charge < -0.3 is 9.47 Å². The van der Waals surface area contributed by atoms with E-state index >= 15 is 0 Å². The number of hydrogen-bond donors (Lipinski definition) is 0. The average Bonchev–Trinajstić information content (AvgIpc) is 2.78. The minimum atomic E-state index is -0.713. The first-order chi connectivity index (χ1) is 14.4. The molecular weight excluding hydrogens is 375 g/mol. The van der Waals surface area contributed by atoms with Gasteiger partial charge in [-0.2, -0.15) is 0 Å². The third kappa shape index (κ3) is 5.40. The Morgan fingerprint density at radius 1 is 0.552 bits per heavy atom. The highest BCUT2D eigenvalue weighted by Gasteiger charge is 2.21. The maximum Gasteiger partial charge on any atom is 0.127 e. The zero-order chi connectivity index (χ0) is 19.7. The maximum atomic E-state index is 6.32. The molecule has 3 heteroatoms. The summed E-state index contributed by atoms with van der Waals surface area (Å²) in [7, 11) is -0.713. The van der Waals surface area contributed by atoms with Crippen LogP contribution < -0.4 is 25.4 Å². The number of benzene rings is 3. The zero-order valence-corrected chi connectivity index (χ0v) is 17.8. The summed E-state index contributed by atoms with van der Waals surface area (Å²) in [5.41, 5.74) is 0. The first kappa shape index (κ1) is 20.0. The third-order valence-corrected chi connectivity index (χ3v) is 7.73. The smallest absolute Gasteiger partial charge is 0.127 e. The van der Waals surface area contributed by atoms with Gasteiger partial charge in [-0.15, -0.1) is 0 Å². The van der Waals surface area contributed by atoms with Crippen LogP contribution in [0.3, 0.4) is 0 Å². The van der Waals surface area contributed by atoms with Gasteiger partial charge in [0.05, 0.1) is 13.2 Å². The van der Waals surface area contributed by atoms with Crippen LogP contribution in [-0.2, 0) is 0 Å². The van der Waals surface area contributed by atoms with Crippen molar-refractivity contribution in [2.75, 3.05) is 13.2 Å². The molecule has 3 aromatic carbocycles. The molecule has 5 rings (SSSR count). The summed E-state index contributed by atoms with van der Waals surface area (Å²) in [6.07, 6.45) is 7.30. The molecule has 2 heterocycles. The second kappa shape index (κ2) is 10.5. The molecule has 0 atom stereocenters. The highest BCUT2D eigenvalue weighted by Crippen LogP contribution is 2.38. The summed E-state index contributed by atoms with van der Waals surface area (Å²) in [4.78, 5) is 0. The quantitative estimate of drug-likeness (QED) is 0.533. The predicted molar refractivity (Wildman–Crippen MR) is 124 cm³/mol. The second-order valence-corrected chi connectivity index (χ2v) is 9.64. The van der Waals surface area contributed by atoms with Gasteiger partial charge in [0.25, 0.3) is 0 Å². The third-order valence-electron chi connectivity index (χ3n) is 5.27. The summed E-state index contributed by atoms with van der Waals surface area (Å²) in [5.74, 6) is 1.94. The lowest BCUT2D eigenvalue weighted by molar-refractivity contribution is 0.291. The molecule has 29 heavy (non-hydrogen) atoms. The summed E-state index contributed by atoms with van der Waals surface area (Å²) >= 11 is 0. The number of hydrogen-bond acceptors (Lipinski definition) is 2. The lowest BCUT2D eigenvalue weighted by atomic mass is 10.1. The van der Waals surface area contributed by atoms with Crippen molar-refractivity contribution in [2.45, 2.75) is 38.5 Å². The molecule has 0 unspecified atom stereocenters. The van der Waals surface area contributed by atoms with E-state index < -0.39 is 7.92 Å². The van der Waals surface area contributed by atoms with Gasteiger partial charge in [-0.05, 0) is 49.6 Å². The van der Waals surface area contributed by atoms with Crippen LogP contribution in [0.25, 0.3) is 0 Å². The Balaban J connectivity index is 1.76. The molecule has 150 valence electrons. The van der Waals surface area contributed by atoms with Crippen LogP contribution in [0.4, 0.5) is 0 Å². The molecular formula is C26H29O2P. The molecule has 2 aliphatic heterocycles. The highest BCUT2D eigenvalue weighted by molar-refractivity contribution is 7.80. The Kier molecular flexibility index (Phi) is 7.21. The predicted octanol–water partition coefficient (Wildman–Crippen LogP) is 5.56. The van der Waals surface area contributed by atoms with E-state index in [1.807, 2.05) is 0 Å². The largest absolute Gasteiger partial charge is 0.494 e. The number of fused-ring (bicyclic) bond motifs is 11. The van der Waals surface area contributed by atoms with Crippen molar-refractivity contribution in [2.24, 2.45) is 0 Å². The molecule has 0 fully saturated rings. The number of ether oxygens (including phenoxy) is 2. The van der Waals surface area contributed by atoms with Gasteiger partial charge in [0, 0.05) is 5.30 Å². The molecule has 3 aromatic rings.